The molecule has 1 aromatic carbocycles. The second kappa shape index (κ2) is 6.21. The molecule has 1 fully saturated rings. The summed E-state index contributed by atoms with van der Waals surface area (Å²) in [7, 11) is 0. The minimum absolute atomic E-state index is 0.554. The van der Waals surface area contributed by atoms with Crippen molar-refractivity contribution in [2.24, 2.45) is 0 Å². The van der Waals surface area contributed by atoms with Crippen LogP contribution in [-0.2, 0) is 6.54 Å². The lowest BCUT2D eigenvalue weighted by molar-refractivity contribution is 0.206. The molecular weight excluding hydrogens is 293 g/mol. The van der Waals surface area contributed by atoms with E-state index >= 15 is 0 Å². The molecule has 1 aromatic heterocycles. The highest BCUT2D eigenvalue weighted by atomic mass is 35.5. The van der Waals surface area contributed by atoms with Gasteiger partial charge in [0, 0.05) is 5.56 Å². The minimum atomic E-state index is 0.554. The lowest BCUT2D eigenvalue weighted by Gasteiger charge is -2.25. The van der Waals surface area contributed by atoms with Crippen LogP contribution in [0.15, 0.2) is 34.7 Å². The van der Waals surface area contributed by atoms with Crippen LogP contribution in [0.5, 0.6) is 0 Å². The predicted octanol–water partition coefficient (Wildman–Crippen LogP) is 5.24. The van der Waals surface area contributed by atoms with Gasteiger partial charge in [-0.25, -0.2) is 0 Å². The molecule has 1 aliphatic heterocycles. The third kappa shape index (κ3) is 3.20. The van der Waals surface area contributed by atoms with E-state index in [2.05, 4.69) is 4.90 Å². The van der Waals surface area contributed by atoms with E-state index in [4.69, 9.17) is 27.6 Å². The lowest BCUT2D eigenvalue weighted by atomic mass is 10.1. The van der Waals surface area contributed by atoms with Crippen molar-refractivity contribution in [3.63, 3.8) is 0 Å². The molecule has 0 N–H and O–H groups in total. The van der Waals surface area contributed by atoms with Crippen LogP contribution in [0.3, 0.4) is 0 Å². The van der Waals surface area contributed by atoms with Crippen LogP contribution in [0.4, 0.5) is 0 Å². The van der Waals surface area contributed by atoms with Gasteiger partial charge in [0.05, 0.1) is 16.6 Å². The largest absolute Gasteiger partial charge is 0.460 e. The van der Waals surface area contributed by atoms with Crippen LogP contribution in [0, 0.1) is 0 Å². The normalized spacial score (nSPS) is 16.5. The summed E-state index contributed by atoms with van der Waals surface area (Å²) in [4.78, 5) is 2.45. The number of furan rings is 1. The summed E-state index contributed by atoms with van der Waals surface area (Å²) in [6, 6.07) is 9.61. The standard InChI is InChI=1S/C16H17Cl2NO/c17-14-6-4-12(10-15(14)18)16-7-5-13(20-16)11-19-8-2-1-3-9-19/h4-7,10H,1-3,8-9,11H2. The van der Waals surface area contributed by atoms with Crippen LogP contribution in [-0.4, -0.2) is 18.0 Å². The van der Waals surface area contributed by atoms with E-state index in [0.717, 1.165) is 23.6 Å². The zero-order valence-electron chi connectivity index (χ0n) is 11.2. The van der Waals surface area contributed by atoms with Crippen molar-refractivity contribution >= 4 is 23.2 Å². The first kappa shape index (κ1) is 14.0. The maximum absolute atomic E-state index is 6.04. The number of piperidine rings is 1. The first-order chi connectivity index (χ1) is 9.72. The summed E-state index contributed by atoms with van der Waals surface area (Å²) in [5.41, 5.74) is 0.962. The van der Waals surface area contributed by atoms with Crippen molar-refractivity contribution in [2.45, 2.75) is 25.8 Å². The Morgan fingerprint density at radius 2 is 1.75 bits per heavy atom. The first-order valence-electron chi connectivity index (χ1n) is 6.99. The van der Waals surface area contributed by atoms with E-state index in [-0.39, 0.29) is 0 Å². The zero-order chi connectivity index (χ0) is 13.9. The zero-order valence-corrected chi connectivity index (χ0v) is 12.8. The molecule has 106 valence electrons. The Hall–Kier alpha value is -0.960. The van der Waals surface area contributed by atoms with E-state index < -0.39 is 0 Å². The van der Waals surface area contributed by atoms with Gasteiger partial charge in [0.15, 0.2) is 0 Å². The van der Waals surface area contributed by atoms with E-state index in [0.29, 0.717) is 10.0 Å². The molecule has 0 aliphatic carbocycles. The summed E-state index contributed by atoms with van der Waals surface area (Å²) >= 11 is 12.0. The highest BCUT2D eigenvalue weighted by Gasteiger charge is 2.13. The minimum Gasteiger partial charge on any atom is -0.460 e. The van der Waals surface area contributed by atoms with Gasteiger partial charge in [0.2, 0.25) is 0 Å². The van der Waals surface area contributed by atoms with Crippen molar-refractivity contribution < 1.29 is 4.42 Å². The third-order valence-corrected chi connectivity index (χ3v) is 4.43. The van der Waals surface area contributed by atoms with Gasteiger partial charge in [-0.1, -0.05) is 29.6 Å². The first-order valence-corrected chi connectivity index (χ1v) is 7.74. The molecule has 3 rings (SSSR count). The molecule has 0 amide bonds. The van der Waals surface area contributed by atoms with Crippen LogP contribution in [0.25, 0.3) is 11.3 Å². The number of likely N-dealkylation sites (tertiary alicyclic amines) is 1. The number of hydrogen-bond acceptors (Lipinski definition) is 2. The summed E-state index contributed by atoms with van der Waals surface area (Å²) in [5.74, 6) is 1.85. The van der Waals surface area contributed by atoms with Gasteiger partial charge in [0.1, 0.15) is 11.5 Å². The topological polar surface area (TPSA) is 16.4 Å². The van der Waals surface area contributed by atoms with Crippen molar-refractivity contribution in [3.8, 4) is 11.3 Å². The molecule has 4 heteroatoms. The quantitative estimate of drug-likeness (QED) is 0.771. The molecule has 2 nitrogen and oxygen atoms in total. The molecule has 2 heterocycles. The molecule has 1 aliphatic rings. The van der Waals surface area contributed by atoms with Crippen molar-refractivity contribution in [3.05, 3.63) is 46.1 Å². The van der Waals surface area contributed by atoms with E-state index in [9.17, 15) is 0 Å². The van der Waals surface area contributed by atoms with Crippen molar-refractivity contribution in [2.75, 3.05) is 13.1 Å². The van der Waals surface area contributed by atoms with Gasteiger partial charge in [-0.3, -0.25) is 4.90 Å². The molecule has 0 bridgehead atoms. The number of rotatable bonds is 3. The van der Waals surface area contributed by atoms with Crippen LogP contribution >= 0.6 is 23.2 Å². The van der Waals surface area contributed by atoms with Crippen LogP contribution in [0.1, 0.15) is 25.0 Å². The molecule has 1 saturated heterocycles. The molecule has 0 unspecified atom stereocenters. The van der Waals surface area contributed by atoms with E-state index in [1.54, 1.807) is 6.07 Å². The Bertz CT molecular complexity index is 588. The molecule has 20 heavy (non-hydrogen) atoms. The fourth-order valence-corrected chi connectivity index (χ4v) is 2.90. The summed E-state index contributed by atoms with van der Waals surface area (Å²) < 4.78 is 5.92. The fourth-order valence-electron chi connectivity index (χ4n) is 2.61. The molecular formula is C16H17Cl2NO. The highest BCUT2D eigenvalue weighted by molar-refractivity contribution is 6.42. The third-order valence-electron chi connectivity index (χ3n) is 3.69. The van der Waals surface area contributed by atoms with Gasteiger partial charge in [0.25, 0.3) is 0 Å². The summed E-state index contributed by atoms with van der Waals surface area (Å²) in [6.45, 7) is 3.23. The van der Waals surface area contributed by atoms with Gasteiger partial charge in [-0.05, 0) is 56.3 Å². The number of hydrogen-bond donors (Lipinski definition) is 0. The smallest absolute Gasteiger partial charge is 0.134 e. The average molecular weight is 310 g/mol. The summed E-state index contributed by atoms with van der Waals surface area (Å²) in [5, 5.41) is 1.12. The molecule has 0 spiro atoms. The predicted molar refractivity (Wildman–Crippen MR) is 83.3 cm³/mol. The lowest BCUT2D eigenvalue weighted by Crippen LogP contribution is -2.28. The maximum Gasteiger partial charge on any atom is 0.134 e. The van der Waals surface area contributed by atoms with Crippen molar-refractivity contribution in [1.82, 2.24) is 4.90 Å². The van der Waals surface area contributed by atoms with Crippen LogP contribution < -0.4 is 0 Å². The monoisotopic (exact) mass is 309 g/mol. The Morgan fingerprint density at radius 1 is 0.950 bits per heavy atom. The van der Waals surface area contributed by atoms with Gasteiger partial charge in [-0.15, -0.1) is 0 Å². The Kier molecular flexibility index (Phi) is 4.35. The maximum atomic E-state index is 6.04. The number of benzene rings is 1. The highest BCUT2D eigenvalue weighted by Crippen LogP contribution is 2.30. The number of nitrogens with zero attached hydrogens (tertiary/aromatic N) is 1. The fraction of sp³-hybridized carbons (Fsp3) is 0.375. The van der Waals surface area contributed by atoms with E-state index in [1.807, 2.05) is 24.3 Å². The molecule has 2 aromatic rings. The Morgan fingerprint density at radius 3 is 2.50 bits per heavy atom. The molecule has 0 saturated carbocycles. The molecule has 0 radical (unpaired) electrons. The number of halogens is 2. The van der Waals surface area contributed by atoms with Gasteiger partial charge < -0.3 is 4.42 Å². The average Bonchev–Trinajstić information content (AvgIpc) is 2.91. The van der Waals surface area contributed by atoms with Crippen molar-refractivity contribution in [1.29, 1.82) is 0 Å². The SMILES string of the molecule is Clc1ccc(-c2ccc(CN3CCCCC3)o2)cc1Cl. The summed E-state index contributed by atoms with van der Waals surface area (Å²) in [6.07, 6.45) is 3.93. The second-order valence-corrected chi connectivity index (χ2v) is 6.05. The van der Waals surface area contributed by atoms with Gasteiger partial charge >= 0.3 is 0 Å². The van der Waals surface area contributed by atoms with Crippen LogP contribution in [0.2, 0.25) is 10.0 Å². The van der Waals surface area contributed by atoms with Gasteiger partial charge in [-0.2, -0.15) is 0 Å². The second-order valence-electron chi connectivity index (χ2n) is 5.23. The molecule has 0 atom stereocenters. The van der Waals surface area contributed by atoms with E-state index in [1.165, 1.54) is 32.4 Å². The Labute approximate surface area is 129 Å². The Balaban J connectivity index is 1.73.